The van der Waals surface area contributed by atoms with Crippen molar-refractivity contribution in [1.82, 2.24) is 4.90 Å². The second kappa shape index (κ2) is 6.45. The van der Waals surface area contributed by atoms with E-state index >= 15 is 0 Å². The first-order valence-corrected chi connectivity index (χ1v) is 13.4. The van der Waals surface area contributed by atoms with E-state index in [1.165, 1.54) is 17.9 Å². The van der Waals surface area contributed by atoms with Crippen molar-refractivity contribution in [3.63, 3.8) is 0 Å². The van der Waals surface area contributed by atoms with E-state index < -0.39 is 8.07 Å². The molecule has 0 aromatic heterocycles. The molecule has 0 N–H and O–H groups in total. The maximum atomic E-state index is 12.7. The molecular weight excluding hydrogens is 345 g/mol. The van der Waals surface area contributed by atoms with Crippen molar-refractivity contribution in [2.45, 2.75) is 50.5 Å². The van der Waals surface area contributed by atoms with E-state index in [1.807, 2.05) is 0 Å². The molecule has 4 aliphatic rings. The first-order chi connectivity index (χ1) is 12.4. The van der Waals surface area contributed by atoms with Crippen LogP contribution in [0.5, 0.6) is 0 Å². The second-order valence-corrected chi connectivity index (χ2v) is 14.3. The van der Waals surface area contributed by atoms with Gasteiger partial charge in [-0.3, -0.25) is 14.1 Å². The van der Waals surface area contributed by atoms with E-state index in [0.717, 1.165) is 13.0 Å². The van der Waals surface area contributed by atoms with E-state index in [2.05, 4.69) is 48.8 Å². The van der Waals surface area contributed by atoms with Crippen LogP contribution in [0.3, 0.4) is 0 Å². The van der Waals surface area contributed by atoms with E-state index in [1.54, 1.807) is 0 Å². The maximum absolute atomic E-state index is 12.7. The van der Waals surface area contributed by atoms with Crippen LogP contribution in [0, 0.1) is 17.8 Å². The van der Waals surface area contributed by atoms with Crippen molar-refractivity contribution in [2.75, 3.05) is 20.3 Å². The molecular formula is C21H30FNO2Si. The first kappa shape index (κ1) is 18.2. The molecule has 1 aromatic carbocycles. The Morgan fingerprint density at radius 3 is 2.54 bits per heavy atom. The first-order valence-electron chi connectivity index (χ1n) is 9.88. The molecule has 2 aliphatic carbocycles. The van der Waals surface area contributed by atoms with Crippen molar-refractivity contribution in [3.05, 3.63) is 29.8 Å². The van der Waals surface area contributed by atoms with Gasteiger partial charge in [-0.15, -0.1) is 0 Å². The summed E-state index contributed by atoms with van der Waals surface area (Å²) in [5.74, 6) is 1.26. The van der Waals surface area contributed by atoms with Gasteiger partial charge in [0.2, 0.25) is 0 Å². The largest absolute Gasteiger partial charge is 0.469 e. The van der Waals surface area contributed by atoms with Crippen LogP contribution in [0.15, 0.2) is 24.3 Å². The summed E-state index contributed by atoms with van der Waals surface area (Å²) in [7, 11) is 0.171. The fraction of sp³-hybridized carbons (Fsp3) is 0.667. The molecule has 0 radical (unpaired) electrons. The Labute approximate surface area is 156 Å². The van der Waals surface area contributed by atoms with Crippen molar-refractivity contribution < 1.29 is 13.9 Å². The zero-order valence-electron chi connectivity index (χ0n) is 16.2. The number of hydrogen-bond donors (Lipinski definition) is 0. The number of halogens is 1. The molecule has 4 fully saturated rings. The molecule has 6 unspecified atom stereocenters. The number of rotatable bonds is 6. The van der Waals surface area contributed by atoms with Crippen LogP contribution in [-0.4, -0.2) is 51.4 Å². The van der Waals surface area contributed by atoms with Crippen molar-refractivity contribution in [2.24, 2.45) is 17.8 Å². The summed E-state index contributed by atoms with van der Waals surface area (Å²) in [4.78, 5) is 15.1. The Kier molecular flexibility index (Phi) is 4.51. The number of carbonyl (C=O) groups is 1. The zero-order chi connectivity index (χ0) is 18.6. The Morgan fingerprint density at radius 1 is 1.27 bits per heavy atom. The fourth-order valence-corrected chi connectivity index (χ4v) is 6.89. The Bertz CT molecular complexity index is 686. The molecule has 5 rings (SSSR count). The highest BCUT2D eigenvalue weighted by molar-refractivity contribution is 6.88. The van der Waals surface area contributed by atoms with Gasteiger partial charge >= 0.3 is 5.97 Å². The lowest BCUT2D eigenvalue weighted by Gasteiger charge is -2.44. The van der Waals surface area contributed by atoms with Gasteiger partial charge in [0.25, 0.3) is 0 Å². The summed E-state index contributed by atoms with van der Waals surface area (Å²) in [5.41, 5.74) is 1.29. The maximum Gasteiger partial charge on any atom is 0.310 e. The third-order valence-corrected chi connectivity index (χ3v) is 8.98. The molecule has 0 amide bonds. The van der Waals surface area contributed by atoms with Gasteiger partial charge in [-0.25, -0.2) is 0 Å². The highest BCUT2D eigenvalue weighted by Gasteiger charge is 2.71. The third kappa shape index (κ3) is 2.75. The number of methoxy groups -OCH3 is 1. The van der Waals surface area contributed by atoms with Gasteiger partial charge in [-0.1, -0.05) is 49.1 Å². The number of fused-ring (bicyclic) bond motifs is 1. The van der Waals surface area contributed by atoms with Gasteiger partial charge in [0.05, 0.1) is 27.8 Å². The van der Waals surface area contributed by atoms with Crippen LogP contribution in [0.1, 0.15) is 24.3 Å². The smallest absolute Gasteiger partial charge is 0.310 e. The van der Waals surface area contributed by atoms with Crippen molar-refractivity contribution in [3.8, 4) is 0 Å². The van der Waals surface area contributed by atoms with Gasteiger partial charge in [0.15, 0.2) is 0 Å². The normalized spacial score (nSPS) is 35.4. The summed E-state index contributed by atoms with van der Waals surface area (Å²) in [6.07, 6.45) is 1.64. The van der Waals surface area contributed by atoms with Gasteiger partial charge in [0, 0.05) is 24.5 Å². The number of alkyl halides is 1. The summed E-state index contributed by atoms with van der Waals surface area (Å²) in [6.45, 7) is 7.56. The Balaban J connectivity index is 1.63. The molecule has 5 heteroatoms. The molecule has 2 saturated carbocycles. The van der Waals surface area contributed by atoms with Gasteiger partial charge in [0.1, 0.15) is 0 Å². The number of piperidine rings is 2. The van der Waals surface area contributed by atoms with Crippen LogP contribution < -0.4 is 5.19 Å². The lowest BCUT2D eigenvalue weighted by Crippen LogP contribution is -2.51. The molecule has 142 valence electrons. The number of carbonyl (C=O) groups excluding carboxylic acids is 1. The third-order valence-electron chi connectivity index (χ3n) is 6.91. The molecule has 2 heterocycles. The topological polar surface area (TPSA) is 29.5 Å². The number of ether oxygens (including phenoxy) is 1. The summed E-state index contributed by atoms with van der Waals surface area (Å²) in [5, 5.41) is 1.45. The molecule has 6 atom stereocenters. The van der Waals surface area contributed by atoms with Crippen LogP contribution in [0.4, 0.5) is 4.39 Å². The lowest BCUT2D eigenvalue weighted by atomic mass is 9.70. The Morgan fingerprint density at radius 2 is 1.96 bits per heavy atom. The van der Waals surface area contributed by atoms with Crippen molar-refractivity contribution >= 4 is 19.2 Å². The standard InChI is InChI=1S/C21H30FNO2Si/c1-25-21(24)19-16-12-15-18(20(15)23(16)11-5-10-22)17(19)13-6-8-14(9-7-13)26(2,3)4/h6-9,15-20H,5,10-12H2,1-4H3. The predicted octanol–water partition coefficient (Wildman–Crippen LogP) is 3.17. The quantitative estimate of drug-likeness (QED) is 0.565. The zero-order valence-corrected chi connectivity index (χ0v) is 17.2. The summed E-state index contributed by atoms with van der Waals surface area (Å²) in [6, 6.07) is 9.81. The minimum atomic E-state index is -1.32. The van der Waals surface area contributed by atoms with E-state index in [0.29, 0.717) is 24.3 Å². The van der Waals surface area contributed by atoms with E-state index in [4.69, 9.17) is 4.74 Å². The fourth-order valence-electron chi connectivity index (χ4n) is 5.72. The molecule has 2 saturated heterocycles. The highest BCUT2D eigenvalue weighted by atomic mass is 28.3. The number of esters is 1. The average molecular weight is 376 g/mol. The predicted molar refractivity (Wildman–Crippen MR) is 104 cm³/mol. The molecule has 1 aromatic rings. The average Bonchev–Trinajstić information content (AvgIpc) is 3.24. The Hall–Kier alpha value is -1.20. The monoisotopic (exact) mass is 375 g/mol. The number of hydrogen-bond acceptors (Lipinski definition) is 3. The highest BCUT2D eigenvalue weighted by Crippen LogP contribution is 2.67. The molecule has 4 bridgehead atoms. The van der Waals surface area contributed by atoms with Crippen LogP contribution in [-0.2, 0) is 9.53 Å². The number of benzene rings is 1. The second-order valence-electron chi connectivity index (χ2n) is 9.26. The molecule has 2 aliphatic heterocycles. The minimum Gasteiger partial charge on any atom is -0.469 e. The SMILES string of the molecule is COC(=O)C1C(c2ccc([Si](C)(C)C)cc2)C2C3CC1N(CCCF)C32. The minimum absolute atomic E-state index is 0.0941. The molecule has 3 nitrogen and oxygen atoms in total. The van der Waals surface area contributed by atoms with E-state index in [-0.39, 0.29) is 30.5 Å². The van der Waals surface area contributed by atoms with Gasteiger partial charge in [-0.2, -0.15) is 0 Å². The van der Waals surface area contributed by atoms with Crippen LogP contribution in [0.25, 0.3) is 0 Å². The number of nitrogens with zero attached hydrogens (tertiary/aromatic N) is 1. The van der Waals surface area contributed by atoms with Gasteiger partial charge in [-0.05, 0) is 30.2 Å². The summed E-state index contributed by atoms with van der Waals surface area (Å²) >= 11 is 0. The van der Waals surface area contributed by atoms with Crippen LogP contribution in [0.2, 0.25) is 19.6 Å². The lowest BCUT2D eigenvalue weighted by molar-refractivity contribution is -0.151. The van der Waals surface area contributed by atoms with E-state index in [9.17, 15) is 9.18 Å². The van der Waals surface area contributed by atoms with Crippen molar-refractivity contribution in [1.29, 1.82) is 0 Å². The van der Waals surface area contributed by atoms with Gasteiger partial charge < -0.3 is 4.74 Å². The van der Waals surface area contributed by atoms with Crippen LogP contribution >= 0.6 is 0 Å². The molecule has 0 spiro atoms. The summed E-state index contributed by atoms with van der Waals surface area (Å²) < 4.78 is 17.9. The molecule has 26 heavy (non-hydrogen) atoms.